The summed E-state index contributed by atoms with van der Waals surface area (Å²) in [6.45, 7) is 0. The minimum atomic E-state index is -3.37. The average Bonchev–Trinajstić information content (AvgIpc) is 1.33. The second kappa shape index (κ2) is 35.8. The molecule has 2 N–H and O–H groups in total. The van der Waals surface area contributed by atoms with Crippen molar-refractivity contribution in [3.8, 4) is 0 Å². The minimum Gasteiger partial charge on any atom is -0.772 e. The third-order valence-electron chi connectivity index (χ3n) is 0. The molecule has 0 aliphatic heterocycles. The average molecular weight is 196 g/mol. The van der Waals surface area contributed by atoms with Crippen LogP contribution in [0.4, 0.5) is 0 Å². The van der Waals surface area contributed by atoms with Gasteiger partial charge in [-0.3, -0.25) is 4.57 Å². The van der Waals surface area contributed by atoms with Gasteiger partial charge in [-0.25, -0.2) is 0 Å². The molecule has 0 fully saturated rings. The molecule has 0 heterocycles. The highest BCUT2D eigenvalue weighted by atomic mass is 31.1. The predicted molar refractivity (Wildman–Crippen MR) is 36.5 cm³/mol. The second-order valence-electron chi connectivity index (χ2n) is 0.298. The lowest BCUT2D eigenvalue weighted by molar-refractivity contribution is -0.297. The summed E-state index contributed by atoms with van der Waals surface area (Å²) in [7, 11) is -4.45. The van der Waals surface area contributed by atoms with Crippen molar-refractivity contribution in [1.82, 2.24) is 0 Å². The highest BCUT2D eigenvalue weighted by Crippen LogP contribution is 1.79. The number of hydrogen-bond donors (Lipinski definition) is 0. The molecule has 0 rings (SSSR count). The van der Waals surface area contributed by atoms with Gasteiger partial charge in [0.1, 0.15) is 0 Å². The maximum Gasteiger partial charge on any atom is 0.276 e. The van der Waals surface area contributed by atoms with Gasteiger partial charge in [-0.2, -0.15) is 0 Å². The first-order chi connectivity index (χ1) is 3.15. The van der Waals surface area contributed by atoms with Gasteiger partial charge in [0.05, 0.1) is 8.69 Å². The van der Waals surface area contributed by atoms with Crippen LogP contribution in [0.3, 0.4) is 0 Å². The number of rotatable bonds is 0. The minimum absolute atomic E-state index is 0. The van der Waals surface area contributed by atoms with Crippen molar-refractivity contribution in [2.24, 2.45) is 0 Å². The molecule has 70 valence electrons. The van der Waals surface area contributed by atoms with Gasteiger partial charge in [0.25, 0.3) is 8.25 Å². The van der Waals surface area contributed by atoms with Crippen LogP contribution in [0.25, 0.3) is 0 Å². The van der Waals surface area contributed by atoms with Crippen molar-refractivity contribution in [3.63, 3.8) is 0 Å². The first-order valence-corrected chi connectivity index (χ1v) is 2.74. The van der Waals surface area contributed by atoms with Crippen LogP contribution in [-0.2, 0) is 9.13 Å². The summed E-state index contributed by atoms with van der Waals surface area (Å²) in [6.07, 6.45) is 0. The smallest absolute Gasteiger partial charge is 0.276 e. The van der Waals surface area contributed by atoms with Crippen molar-refractivity contribution in [2.75, 3.05) is 0 Å². The molecule has 0 saturated heterocycles. The van der Waals surface area contributed by atoms with Crippen molar-refractivity contribution < 1.29 is 32.1 Å². The van der Waals surface area contributed by atoms with Crippen LogP contribution >= 0.6 is 16.9 Å². The Hall–Kier alpha value is 0.0400. The molecule has 10 heavy (non-hydrogen) atoms. The zero-order valence-electron chi connectivity index (χ0n) is 3.44. The Morgan fingerprint density at radius 2 is 1.30 bits per heavy atom. The molecule has 0 aromatic rings. The van der Waals surface area contributed by atoms with Crippen LogP contribution in [0, 0.1) is 0 Å². The molecule has 0 saturated carbocycles. The van der Waals surface area contributed by atoms with Gasteiger partial charge in [-0.15, -0.1) is 0 Å². The second-order valence-corrected chi connectivity index (χ2v) is 0.894. The SMILES string of the molecule is C.C.O.O=P[O-].O=[P+]([O-])[O-].[HH].[HH]. The van der Waals surface area contributed by atoms with E-state index in [9.17, 15) is 0 Å². The van der Waals surface area contributed by atoms with Gasteiger partial charge >= 0.3 is 0 Å². The number of hydrogen-bond acceptors (Lipinski definition) is 5. The third-order valence-corrected chi connectivity index (χ3v) is 0. The molecule has 6 nitrogen and oxygen atoms in total. The maximum atomic E-state index is 8.48. The molecular weight excluding hydrogens is 182 g/mol. The van der Waals surface area contributed by atoms with Crippen molar-refractivity contribution in [2.45, 2.75) is 14.9 Å². The lowest BCUT2D eigenvalue weighted by Crippen LogP contribution is -1.97. The van der Waals surface area contributed by atoms with Gasteiger partial charge in [0.2, 0.25) is 0 Å². The zero-order chi connectivity index (χ0) is 6.28. The Labute approximate surface area is 65.0 Å². The van der Waals surface area contributed by atoms with E-state index in [2.05, 4.69) is 0 Å². The molecule has 0 radical (unpaired) electrons. The van der Waals surface area contributed by atoms with Gasteiger partial charge in [0.15, 0.2) is 0 Å². The fourth-order valence-corrected chi connectivity index (χ4v) is 0. The molecule has 0 amide bonds. The molecule has 0 aliphatic rings. The quantitative estimate of drug-likeness (QED) is 0.451. The highest BCUT2D eigenvalue weighted by Gasteiger charge is 1.53. The topological polar surface area (TPSA) is 135 Å². The summed E-state index contributed by atoms with van der Waals surface area (Å²) in [5.74, 6) is 0. The molecule has 0 spiro atoms. The standard InChI is InChI=1S/2CH4.HO3P.HO2P.H2O.2H2/c;;1-4(2)3;1-3-2;;;/h2*1H4;(H,1,2,3);(H,1,2);1H2;2*1H/p-2. The molecular formula is C2H14O6P2-2. The zero-order valence-corrected chi connectivity index (χ0v) is 5.22. The van der Waals surface area contributed by atoms with Gasteiger partial charge < -0.3 is 20.2 Å². The Kier molecular flexibility index (Phi) is 116. The summed E-state index contributed by atoms with van der Waals surface area (Å²) >= 11 is 0. The summed E-state index contributed by atoms with van der Waals surface area (Å²) in [5.41, 5.74) is 0. The molecule has 0 atom stereocenters. The molecule has 0 bridgehead atoms. The van der Waals surface area contributed by atoms with E-state index in [1.807, 2.05) is 0 Å². The van der Waals surface area contributed by atoms with Gasteiger partial charge in [-0.05, 0) is 0 Å². The monoisotopic (exact) mass is 196 g/mol. The van der Waals surface area contributed by atoms with Crippen LogP contribution < -0.4 is 14.7 Å². The highest BCUT2D eigenvalue weighted by molar-refractivity contribution is 7.27. The molecule has 0 unspecified atom stereocenters. The van der Waals surface area contributed by atoms with E-state index in [4.69, 9.17) is 23.8 Å². The fraction of sp³-hybridized carbons (Fsp3) is 1.00. The van der Waals surface area contributed by atoms with Crippen molar-refractivity contribution >= 4 is 16.9 Å². The normalized spacial score (nSPS) is 4.70. The summed E-state index contributed by atoms with van der Waals surface area (Å²) in [4.78, 5) is 25.3. The van der Waals surface area contributed by atoms with E-state index >= 15 is 0 Å². The molecule has 8 heteroatoms. The predicted octanol–water partition coefficient (Wildman–Crippen LogP) is -1.14. The van der Waals surface area contributed by atoms with Crippen LogP contribution in [-0.4, -0.2) is 5.48 Å². The summed E-state index contributed by atoms with van der Waals surface area (Å²) < 4.78 is 16.8. The Morgan fingerprint density at radius 3 is 1.30 bits per heavy atom. The van der Waals surface area contributed by atoms with E-state index in [0.717, 1.165) is 0 Å². The van der Waals surface area contributed by atoms with Crippen LogP contribution in [0.2, 0.25) is 0 Å². The molecule has 0 aromatic heterocycles. The van der Waals surface area contributed by atoms with Crippen molar-refractivity contribution in [3.05, 3.63) is 0 Å². The molecule has 0 aromatic carbocycles. The van der Waals surface area contributed by atoms with Gasteiger partial charge in [-0.1, -0.05) is 19.4 Å². The van der Waals surface area contributed by atoms with Crippen molar-refractivity contribution in [1.29, 1.82) is 0 Å². The Morgan fingerprint density at radius 1 is 1.30 bits per heavy atom. The van der Waals surface area contributed by atoms with Crippen LogP contribution in [0.15, 0.2) is 0 Å². The third kappa shape index (κ3) is 249000. The summed E-state index contributed by atoms with van der Waals surface area (Å²) in [6, 6.07) is 0. The Bertz CT molecular complexity index is 68.6. The fourth-order valence-electron chi connectivity index (χ4n) is 0. The lowest BCUT2D eigenvalue weighted by atomic mass is 12.0. The summed E-state index contributed by atoms with van der Waals surface area (Å²) in [5, 5.41) is 0. The van der Waals surface area contributed by atoms with E-state index < -0.39 is 16.9 Å². The first kappa shape index (κ1) is 32.3. The van der Waals surface area contributed by atoms with E-state index in [0.29, 0.717) is 0 Å². The lowest BCUT2D eigenvalue weighted by Gasteiger charge is -1.75. The largest absolute Gasteiger partial charge is 0.772 e. The molecule has 0 aliphatic carbocycles. The van der Waals surface area contributed by atoms with E-state index in [-0.39, 0.29) is 23.2 Å². The Balaban J connectivity index is -0.00000000597. The first-order valence-electron chi connectivity index (χ1n) is 0.913. The van der Waals surface area contributed by atoms with Crippen LogP contribution in [0.1, 0.15) is 17.7 Å². The van der Waals surface area contributed by atoms with Gasteiger partial charge in [0, 0.05) is 2.85 Å². The maximum absolute atomic E-state index is 8.48. The van der Waals surface area contributed by atoms with E-state index in [1.165, 1.54) is 0 Å². The van der Waals surface area contributed by atoms with Crippen LogP contribution in [0.5, 0.6) is 0 Å². The van der Waals surface area contributed by atoms with E-state index in [1.54, 1.807) is 0 Å².